The van der Waals surface area contributed by atoms with E-state index in [2.05, 4.69) is 37.8 Å². The van der Waals surface area contributed by atoms with E-state index in [1.165, 1.54) is 49.8 Å². The van der Waals surface area contributed by atoms with E-state index in [0.29, 0.717) is 12.4 Å². The summed E-state index contributed by atoms with van der Waals surface area (Å²) in [5.41, 5.74) is 3.61. The number of carbonyl (C=O) groups is 1. The van der Waals surface area contributed by atoms with Gasteiger partial charge in [-0.25, -0.2) is 9.18 Å². The van der Waals surface area contributed by atoms with Crippen molar-refractivity contribution in [3.8, 4) is 22.6 Å². The number of halogens is 1. The van der Waals surface area contributed by atoms with E-state index < -0.39 is 11.8 Å². The van der Waals surface area contributed by atoms with Crippen molar-refractivity contribution < 1.29 is 23.4 Å². The summed E-state index contributed by atoms with van der Waals surface area (Å²) < 4.78 is 31.3. The van der Waals surface area contributed by atoms with Crippen molar-refractivity contribution in [3.05, 3.63) is 96.3 Å². The summed E-state index contributed by atoms with van der Waals surface area (Å²) in [5, 5.41) is 0. The molecule has 220 valence electrons. The van der Waals surface area contributed by atoms with Crippen LogP contribution >= 0.6 is 0 Å². The van der Waals surface area contributed by atoms with Gasteiger partial charge in [0.1, 0.15) is 5.75 Å². The largest absolute Gasteiger partial charge is 0.488 e. The standard InChI is InChI=1S/C36H45FO4/c1-4-6-7-10-13-28(3)40-35-24-21-32(27-34(35)37)36(38)41-33-22-19-31(20-23-33)30-17-15-29(16-18-30)14-11-8-9-12-26-39-25-5-2/h5,15-24,27-28H,2,4,6-14,25-26H2,1,3H3/t28-/m0/s1. The average Bonchev–Trinajstić information content (AvgIpc) is 2.98. The first kappa shape index (κ1) is 32.1. The summed E-state index contributed by atoms with van der Waals surface area (Å²) in [6, 6.07) is 20.2. The molecule has 0 aliphatic rings. The van der Waals surface area contributed by atoms with Crippen LogP contribution in [-0.2, 0) is 11.2 Å². The number of esters is 1. The number of hydrogen-bond donors (Lipinski definition) is 0. The summed E-state index contributed by atoms with van der Waals surface area (Å²) in [6.07, 6.45) is 12.8. The van der Waals surface area contributed by atoms with Crippen LogP contribution in [0.4, 0.5) is 4.39 Å². The number of benzene rings is 3. The fourth-order valence-electron chi connectivity index (χ4n) is 4.66. The van der Waals surface area contributed by atoms with Crippen molar-refractivity contribution >= 4 is 5.97 Å². The SMILES string of the molecule is C=CCOCCCCCCc1ccc(-c2ccc(OC(=O)c3ccc(O[C@@H](C)CCCCCC)c(F)c3)cc2)cc1. The number of unbranched alkanes of at least 4 members (excludes halogenated alkanes) is 6. The number of carbonyl (C=O) groups excluding carboxylic acids is 1. The Labute approximate surface area is 245 Å². The molecule has 1 atom stereocenters. The highest BCUT2D eigenvalue weighted by atomic mass is 19.1. The summed E-state index contributed by atoms with van der Waals surface area (Å²) in [5.74, 6) is -0.603. The lowest BCUT2D eigenvalue weighted by Crippen LogP contribution is -2.13. The lowest BCUT2D eigenvalue weighted by molar-refractivity contribution is 0.0734. The zero-order valence-corrected chi connectivity index (χ0v) is 24.7. The lowest BCUT2D eigenvalue weighted by atomic mass is 10.0. The minimum atomic E-state index is -0.607. The van der Waals surface area contributed by atoms with Crippen molar-refractivity contribution in [2.24, 2.45) is 0 Å². The molecule has 0 bridgehead atoms. The van der Waals surface area contributed by atoms with E-state index in [1.807, 2.05) is 19.1 Å². The number of hydrogen-bond acceptors (Lipinski definition) is 4. The molecule has 0 radical (unpaired) electrons. The van der Waals surface area contributed by atoms with Crippen molar-refractivity contribution in [1.82, 2.24) is 0 Å². The first-order valence-corrected chi connectivity index (χ1v) is 15.1. The Balaban J connectivity index is 1.45. The summed E-state index contributed by atoms with van der Waals surface area (Å²) in [6.45, 7) is 9.20. The monoisotopic (exact) mass is 560 g/mol. The van der Waals surface area contributed by atoms with E-state index in [9.17, 15) is 9.18 Å². The van der Waals surface area contributed by atoms with Gasteiger partial charge >= 0.3 is 5.97 Å². The molecule has 3 aromatic rings. The molecule has 0 aliphatic heterocycles. The van der Waals surface area contributed by atoms with Crippen LogP contribution < -0.4 is 9.47 Å². The fraction of sp³-hybridized carbons (Fsp3) is 0.417. The normalized spacial score (nSPS) is 11.7. The topological polar surface area (TPSA) is 44.8 Å². The van der Waals surface area contributed by atoms with Gasteiger partial charge in [0.25, 0.3) is 0 Å². The number of rotatable bonds is 19. The smallest absolute Gasteiger partial charge is 0.343 e. The minimum absolute atomic E-state index is 0.0859. The Morgan fingerprint density at radius 2 is 1.56 bits per heavy atom. The molecule has 0 aromatic heterocycles. The molecule has 0 fully saturated rings. The predicted molar refractivity (Wildman–Crippen MR) is 165 cm³/mol. The first-order valence-electron chi connectivity index (χ1n) is 15.1. The van der Waals surface area contributed by atoms with Crippen molar-refractivity contribution in [3.63, 3.8) is 0 Å². The van der Waals surface area contributed by atoms with Crippen LogP contribution in [0, 0.1) is 5.82 Å². The molecule has 0 spiro atoms. The third-order valence-corrected chi connectivity index (χ3v) is 7.05. The number of ether oxygens (including phenoxy) is 3. The Morgan fingerprint density at radius 3 is 2.24 bits per heavy atom. The van der Waals surface area contributed by atoms with Crippen LogP contribution in [0.3, 0.4) is 0 Å². The molecule has 0 saturated carbocycles. The van der Waals surface area contributed by atoms with E-state index >= 15 is 0 Å². The van der Waals surface area contributed by atoms with E-state index in [1.54, 1.807) is 24.3 Å². The average molecular weight is 561 g/mol. The van der Waals surface area contributed by atoms with E-state index in [4.69, 9.17) is 14.2 Å². The molecule has 41 heavy (non-hydrogen) atoms. The van der Waals surface area contributed by atoms with Crippen LogP contribution in [0.15, 0.2) is 79.4 Å². The zero-order chi connectivity index (χ0) is 29.3. The molecule has 0 aliphatic carbocycles. The van der Waals surface area contributed by atoms with Crippen LogP contribution in [0.25, 0.3) is 11.1 Å². The van der Waals surface area contributed by atoms with Crippen LogP contribution in [0.5, 0.6) is 11.5 Å². The van der Waals surface area contributed by atoms with Gasteiger partial charge in [-0.1, -0.05) is 81.5 Å². The highest BCUT2D eigenvalue weighted by Crippen LogP contribution is 2.25. The van der Waals surface area contributed by atoms with Gasteiger partial charge in [-0.05, 0) is 86.1 Å². The van der Waals surface area contributed by atoms with Gasteiger partial charge in [0.15, 0.2) is 11.6 Å². The van der Waals surface area contributed by atoms with Gasteiger partial charge in [-0.2, -0.15) is 0 Å². The second-order valence-electron chi connectivity index (χ2n) is 10.6. The van der Waals surface area contributed by atoms with Gasteiger partial charge in [0, 0.05) is 6.61 Å². The molecule has 0 heterocycles. The Hall–Kier alpha value is -3.44. The van der Waals surface area contributed by atoms with Gasteiger partial charge in [-0.3, -0.25) is 0 Å². The Kier molecular flexibility index (Phi) is 14.2. The maximum Gasteiger partial charge on any atom is 0.343 e. The summed E-state index contributed by atoms with van der Waals surface area (Å²) in [7, 11) is 0. The fourth-order valence-corrected chi connectivity index (χ4v) is 4.66. The second-order valence-corrected chi connectivity index (χ2v) is 10.6. The Bertz CT molecular complexity index is 1190. The molecule has 4 nitrogen and oxygen atoms in total. The van der Waals surface area contributed by atoms with E-state index in [-0.39, 0.29) is 17.4 Å². The molecular weight excluding hydrogens is 515 g/mol. The van der Waals surface area contributed by atoms with Crippen LogP contribution in [0.1, 0.15) is 87.6 Å². The quantitative estimate of drug-likeness (QED) is 0.0633. The summed E-state index contributed by atoms with van der Waals surface area (Å²) in [4.78, 5) is 12.6. The maximum atomic E-state index is 14.6. The molecular formula is C36H45FO4. The third kappa shape index (κ3) is 11.5. The van der Waals surface area contributed by atoms with Crippen molar-refractivity contribution in [2.45, 2.75) is 84.2 Å². The minimum Gasteiger partial charge on any atom is -0.488 e. The van der Waals surface area contributed by atoms with Gasteiger partial charge in [0.05, 0.1) is 18.3 Å². The molecule has 3 rings (SSSR count). The van der Waals surface area contributed by atoms with Crippen molar-refractivity contribution in [2.75, 3.05) is 13.2 Å². The van der Waals surface area contributed by atoms with Gasteiger partial charge in [-0.15, -0.1) is 6.58 Å². The highest BCUT2D eigenvalue weighted by Gasteiger charge is 2.15. The zero-order valence-electron chi connectivity index (χ0n) is 24.7. The van der Waals surface area contributed by atoms with Gasteiger partial charge < -0.3 is 14.2 Å². The molecule has 0 unspecified atom stereocenters. The van der Waals surface area contributed by atoms with Crippen molar-refractivity contribution in [1.29, 1.82) is 0 Å². The second kappa shape index (κ2) is 18.1. The number of aryl methyl sites for hydroxylation is 1. The third-order valence-electron chi connectivity index (χ3n) is 7.05. The van der Waals surface area contributed by atoms with Gasteiger partial charge in [0.2, 0.25) is 0 Å². The summed E-state index contributed by atoms with van der Waals surface area (Å²) >= 11 is 0. The molecule has 5 heteroatoms. The van der Waals surface area contributed by atoms with Crippen LogP contribution in [0.2, 0.25) is 0 Å². The maximum absolute atomic E-state index is 14.6. The highest BCUT2D eigenvalue weighted by molar-refractivity contribution is 5.91. The molecule has 0 amide bonds. The first-order chi connectivity index (χ1) is 20.0. The molecule has 3 aromatic carbocycles. The predicted octanol–water partition coefficient (Wildman–Crippen LogP) is 9.76. The molecule has 0 N–H and O–H groups in total. The van der Waals surface area contributed by atoms with Crippen LogP contribution in [-0.4, -0.2) is 25.3 Å². The Morgan fingerprint density at radius 1 is 0.878 bits per heavy atom. The lowest BCUT2D eigenvalue weighted by Gasteiger charge is -2.15. The molecule has 0 saturated heterocycles. The van der Waals surface area contributed by atoms with E-state index in [0.717, 1.165) is 49.8 Å².